The minimum Gasteiger partial charge on any atom is -0.386 e. The number of hydrogen-bond donors (Lipinski definition) is 4. The van der Waals surface area contributed by atoms with Crippen molar-refractivity contribution in [1.29, 1.82) is 5.41 Å². The van der Waals surface area contributed by atoms with Gasteiger partial charge in [0, 0.05) is 11.9 Å². The van der Waals surface area contributed by atoms with Crippen LogP contribution in [0.5, 0.6) is 0 Å². The third-order valence-electron chi connectivity index (χ3n) is 2.88. The molecular weight excluding hydrogens is 332 g/mol. The highest BCUT2D eigenvalue weighted by Gasteiger charge is 2.39. The van der Waals surface area contributed by atoms with Gasteiger partial charge in [0.15, 0.2) is 0 Å². The Morgan fingerprint density at radius 3 is 2.22 bits per heavy atom. The molecule has 1 aromatic heterocycles. The normalized spacial score (nSPS) is 15.8. The SMILES string of the molecule is N=C(C(F)F)C(C(O)Nc1ccnc(C(F)F)c1)C(O)C(F)F. The molecule has 3 unspecified atom stereocenters. The summed E-state index contributed by atoms with van der Waals surface area (Å²) in [7, 11) is 0. The highest BCUT2D eigenvalue weighted by molar-refractivity contribution is 5.88. The highest BCUT2D eigenvalue weighted by Crippen LogP contribution is 2.24. The Morgan fingerprint density at radius 2 is 1.74 bits per heavy atom. The predicted molar refractivity (Wildman–Crippen MR) is 68.1 cm³/mol. The maximum absolute atomic E-state index is 12.5. The number of aliphatic hydroxyl groups is 2. The number of aliphatic hydroxyl groups excluding tert-OH is 2. The zero-order chi connectivity index (χ0) is 17.7. The Bertz CT molecular complexity index is 531. The lowest BCUT2D eigenvalue weighted by Gasteiger charge is -2.28. The van der Waals surface area contributed by atoms with Gasteiger partial charge in [-0.1, -0.05) is 0 Å². The predicted octanol–water partition coefficient (Wildman–Crippen LogP) is 2.28. The largest absolute Gasteiger partial charge is 0.386 e. The van der Waals surface area contributed by atoms with Crippen molar-refractivity contribution in [3.05, 3.63) is 24.0 Å². The summed E-state index contributed by atoms with van der Waals surface area (Å²) in [6.45, 7) is 0. The quantitative estimate of drug-likeness (QED) is 0.331. The summed E-state index contributed by atoms with van der Waals surface area (Å²) in [5.74, 6) is -2.34. The van der Waals surface area contributed by atoms with E-state index in [1.165, 1.54) is 0 Å². The Balaban J connectivity index is 2.99. The van der Waals surface area contributed by atoms with Crippen LogP contribution in [0.25, 0.3) is 0 Å². The third-order valence-corrected chi connectivity index (χ3v) is 2.88. The fourth-order valence-corrected chi connectivity index (χ4v) is 1.76. The molecule has 4 N–H and O–H groups in total. The molecule has 11 heteroatoms. The summed E-state index contributed by atoms with van der Waals surface area (Å²) in [6.07, 6.45) is -14.0. The topological polar surface area (TPSA) is 89.2 Å². The molecule has 0 amide bonds. The minimum atomic E-state index is -3.50. The molecule has 0 bridgehead atoms. The van der Waals surface area contributed by atoms with E-state index in [-0.39, 0.29) is 5.69 Å². The monoisotopic (exact) mass is 345 g/mol. The lowest BCUT2D eigenvalue weighted by molar-refractivity contribution is -0.0504. The second-order valence-corrected chi connectivity index (χ2v) is 4.47. The van der Waals surface area contributed by atoms with Crippen LogP contribution in [0.3, 0.4) is 0 Å². The van der Waals surface area contributed by atoms with Gasteiger partial charge in [0.2, 0.25) is 0 Å². The van der Waals surface area contributed by atoms with Crippen molar-refractivity contribution in [2.75, 3.05) is 5.32 Å². The lowest BCUT2D eigenvalue weighted by Crippen LogP contribution is -2.47. The minimum absolute atomic E-state index is 0.226. The van der Waals surface area contributed by atoms with Gasteiger partial charge in [-0.2, -0.15) is 0 Å². The van der Waals surface area contributed by atoms with Gasteiger partial charge in [-0.25, -0.2) is 26.3 Å². The second kappa shape index (κ2) is 8.11. The number of halogens is 6. The Kier molecular flexibility index (Phi) is 6.76. The van der Waals surface area contributed by atoms with Crippen LogP contribution < -0.4 is 5.32 Å². The number of nitrogens with one attached hydrogen (secondary N) is 2. The van der Waals surface area contributed by atoms with Crippen LogP contribution in [0.4, 0.5) is 32.0 Å². The van der Waals surface area contributed by atoms with E-state index in [0.29, 0.717) is 0 Å². The summed E-state index contributed by atoms with van der Waals surface area (Å²) in [5.41, 5.74) is -2.53. The Labute approximate surface area is 126 Å². The van der Waals surface area contributed by atoms with E-state index >= 15 is 0 Å². The molecule has 1 rings (SSSR count). The average molecular weight is 345 g/mol. The maximum Gasteiger partial charge on any atom is 0.280 e. The number of aromatic nitrogens is 1. The number of hydrogen-bond acceptors (Lipinski definition) is 5. The molecule has 0 aliphatic rings. The first-order valence-corrected chi connectivity index (χ1v) is 6.16. The van der Waals surface area contributed by atoms with Crippen LogP contribution >= 0.6 is 0 Å². The van der Waals surface area contributed by atoms with Crippen molar-refractivity contribution in [2.45, 2.75) is 31.6 Å². The first kappa shape index (κ1) is 19.2. The fourth-order valence-electron chi connectivity index (χ4n) is 1.76. The Hall–Kier alpha value is -1.88. The second-order valence-electron chi connectivity index (χ2n) is 4.47. The summed E-state index contributed by atoms with van der Waals surface area (Å²) in [5, 5.41) is 28.1. The molecule has 1 heterocycles. The van der Waals surface area contributed by atoms with Gasteiger partial charge in [-0.15, -0.1) is 0 Å². The van der Waals surface area contributed by atoms with Crippen LogP contribution in [-0.4, -0.2) is 46.1 Å². The van der Waals surface area contributed by atoms with Crippen molar-refractivity contribution < 1.29 is 36.6 Å². The molecule has 0 spiro atoms. The van der Waals surface area contributed by atoms with Crippen molar-refractivity contribution in [3.8, 4) is 0 Å². The molecule has 3 atom stereocenters. The molecule has 0 saturated heterocycles. The van der Waals surface area contributed by atoms with Gasteiger partial charge in [0.25, 0.3) is 19.3 Å². The van der Waals surface area contributed by atoms with Crippen LogP contribution in [0.15, 0.2) is 18.3 Å². The van der Waals surface area contributed by atoms with E-state index in [1.54, 1.807) is 0 Å². The van der Waals surface area contributed by atoms with E-state index in [2.05, 4.69) is 4.98 Å². The van der Waals surface area contributed by atoms with Crippen LogP contribution in [0, 0.1) is 11.3 Å². The van der Waals surface area contributed by atoms with Gasteiger partial charge in [0.05, 0.1) is 11.6 Å². The van der Waals surface area contributed by atoms with E-state index in [4.69, 9.17) is 5.41 Å². The van der Waals surface area contributed by atoms with Crippen LogP contribution in [0.2, 0.25) is 0 Å². The molecule has 130 valence electrons. The average Bonchev–Trinajstić information content (AvgIpc) is 2.47. The molecule has 0 aliphatic carbocycles. The third kappa shape index (κ3) is 5.06. The first-order valence-electron chi connectivity index (χ1n) is 6.16. The number of anilines is 1. The van der Waals surface area contributed by atoms with E-state index in [0.717, 1.165) is 18.3 Å². The zero-order valence-corrected chi connectivity index (χ0v) is 11.3. The van der Waals surface area contributed by atoms with E-state index in [9.17, 15) is 36.6 Å². The number of nitrogens with zero attached hydrogens (tertiary/aromatic N) is 1. The lowest BCUT2D eigenvalue weighted by atomic mass is 9.94. The van der Waals surface area contributed by atoms with Gasteiger partial charge < -0.3 is 20.9 Å². The molecule has 0 aliphatic heterocycles. The Morgan fingerprint density at radius 1 is 1.13 bits per heavy atom. The summed E-state index contributed by atoms with van der Waals surface area (Å²) in [6, 6.07) is 1.85. The number of alkyl halides is 6. The van der Waals surface area contributed by atoms with E-state index in [1.807, 2.05) is 5.32 Å². The first-order chi connectivity index (χ1) is 10.6. The van der Waals surface area contributed by atoms with Gasteiger partial charge in [-0.3, -0.25) is 4.98 Å². The van der Waals surface area contributed by atoms with Crippen molar-refractivity contribution in [3.63, 3.8) is 0 Å². The molecule has 0 radical (unpaired) electrons. The fraction of sp³-hybridized carbons (Fsp3) is 0.500. The summed E-state index contributed by atoms with van der Waals surface area (Å²) >= 11 is 0. The maximum atomic E-state index is 12.5. The molecular formula is C12H13F6N3O2. The van der Waals surface area contributed by atoms with Crippen molar-refractivity contribution in [1.82, 2.24) is 4.98 Å². The standard InChI is InChI=1S/C12H13F6N3O2/c13-9(14)5-3-4(1-2-20-5)21-12(23)6(7(19)10(15)16)8(22)11(17)18/h1-3,6,8-12,19,22-23H,(H,20,21). The van der Waals surface area contributed by atoms with Gasteiger partial charge in [-0.05, 0) is 12.1 Å². The number of rotatable bonds is 8. The van der Waals surface area contributed by atoms with Crippen molar-refractivity contribution in [2.24, 2.45) is 5.92 Å². The van der Waals surface area contributed by atoms with Gasteiger partial charge >= 0.3 is 0 Å². The van der Waals surface area contributed by atoms with Crippen LogP contribution in [-0.2, 0) is 0 Å². The molecule has 1 aromatic rings. The van der Waals surface area contributed by atoms with E-state index < -0.39 is 48.9 Å². The molecule has 23 heavy (non-hydrogen) atoms. The summed E-state index contributed by atoms with van der Waals surface area (Å²) < 4.78 is 75.1. The van der Waals surface area contributed by atoms with Crippen LogP contribution in [0.1, 0.15) is 12.1 Å². The smallest absolute Gasteiger partial charge is 0.280 e. The number of pyridine rings is 1. The zero-order valence-electron chi connectivity index (χ0n) is 11.3. The van der Waals surface area contributed by atoms with Gasteiger partial charge in [0.1, 0.15) is 18.0 Å². The van der Waals surface area contributed by atoms with Crippen molar-refractivity contribution >= 4 is 11.4 Å². The molecule has 0 aromatic carbocycles. The summed E-state index contributed by atoms with van der Waals surface area (Å²) in [4.78, 5) is 3.31. The molecule has 0 saturated carbocycles. The highest BCUT2D eigenvalue weighted by atomic mass is 19.3. The molecule has 0 fully saturated rings. The molecule has 5 nitrogen and oxygen atoms in total.